The number of carbonyl (C=O) groups is 1. The molecule has 0 aromatic heterocycles. The highest BCUT2D eigenvalue weighted by Gasteiger charge is 2.07. The van der Waals surface area contributed by atoms with E-state index in [9.17, 15) is 4.79 Å². The molecule has 0 aliphatic carbocycles. The van der Waals surface area contributed by atoms with Crippen molar-refractivity contribution in [3.63, 3.8) is 0 Å². The molecule has 0 fully saturated rings. The first kappa shape index (κ1) is 14.0. The van der Waals surface area contributed by atoms with E-state index in [1.807, 2.05) is 24.3 Å². The number of benzene rings is 2. The largest absolute Gasteiger partial charge is 0.277 e. The van der Waals surface area contributed by atoms with Gasteiger partial charge in [0.15, 0.2) is 0 Å². The molecule has 2 aromatic carbocycles. The number of rotatable bonds is 3. The van der Waals surface area contributed by atoms with Crippen molar-refractivity contribution in [3.05, 3.63) is 70.7 Å². The summed E-state index contributed by atoms with van der Waals surface area (Å²) in [5.74, 6) is -0.406. The van der Waals surface area contributed by atoms with Gasteiger partial charge in [-0.1, -0.05) is 41.9 Å². The topological polar surface area (TPSA) is 53.2 Å². The molecule has 0 atom stereocenters. The lowest BCUT2D eigenvalue weighted by atomic mass is 10.1. The maximum absolute atomic E-state index is 11.9. The van der Waals surface area contributed by atoms with Gasteiger partial charge in [-0.25, -0.2) is 4.99 Å². The van der Waals surface area contributed by atoms with Crippen molar-refractivity contribution >= 4 is 23.2 Å². The van der Waals surface area contributed by atoms with E-state index in [0.29, 0.717) is 17.0 Å². The molecule has 98 valence electrons. The molecular formula is C16H11ClN2O. The molecule has 0 saturated heterocycles. The van der Waals surface area contributed by atoms with E-state index in [0.717, 1.165) is 5.56 Å². The maximum atomic E-state index is 11.9. The molecule has 0 aliphatic heterocycles. The van der Waals surface area contributed by atoms with Crippen LogP contribution in [0, 0.1) is 11.3 Å². The fraction of sp³-hybridized carbons (Fsp3) is 0.0625. The molecule has 0 aliphatic rings. The van der Waals surface area contributed by atoms with Crippen molar-refractivity contribution in [1.82, 2.24) is 0 Å². The van der Waals surface area contributed by atoms with Crippen LogP contribution in [0.2, 0.25) is 5.02 Å². The molecule has 0 spiro atoms. The van der Waals surface area contributed by atoms with Crippen LogP contribution >= 0.6 is 11.6 Å². The molecule has 2 aromatic rings. The fourth-order valence-electron chi connectivity index (χ4n) is 1.67. The van der Waals surface area contributed by atoms with Crippen LogP contribution in [0.1, 0.15) is 15.9 Å². The van der Waals surface area contributed by atoms with Crippen LogP contribution < -0.4 is 0 Å². The molecule has 1 amide bonds. The van der Waals surface area contributed by atoms with Crippen LogP contribution in [0.25, 0.3) is 0 Å². The normalized spacial score (nSPS) is 10.9. The standard InChI is InChI=1S/C16H11ClN2O/c17-14-8-6-12(7-9-14)10-15(11-18)19-16(20)13-4-2-1-3-5-13/h1-9H,10H2. The molecule has 3 nitrogen and oxygen atoms in total. The summed E-state index contributed by atoms with van der Waals surface area (Å²) in [5.41, 5.74) is 1.54. The summed E-state index contributed by atoms with van der Waals surface area (Å²) in [6.07, 6.45) is 0.312. The van der Waals surface area contributed by atoms with Crippen LogP contribution in [0.3, 0.4) is 0 Å². The highest BCUT2D eigenvalue weighted by Crippen LogP contribution is 2.11. The zero-order valence-electron chi connectivity index (χ0n) is 10.6. The molecule has 0 radical (unpaired) electrons. The van der Waals surface area contributed by atoms with Crippen LogP contribution in [0.4, 0.5) is 0 Å². The highest BCUT2D eigenvalue weighted by molar-refractivity contribution is 6.30. The number of carbonyl (C=O) groups excluding carboxylic acids is 1. The lowest BCUT2D eigenvalue weighted by Gasteiger charge is -2.00. The highest BCUT2D eigenvalue weighted by atomic mass is 35.5. The van der Waals surface area contributed by atoms with Gasteiger partial charge in [0.1, 0.15) is 11.8 Å². The van der Waals surface area contributed by atoms with Gasteiger partial charge in [0, 0.05) is 17.0 Å². The Kier molecular flexibility index (Phi) is 4.65. The van der Waals surface area contributed by atoms with Crippen molar-refractivity contribution in [1.29, 1.82) is 5.26 Å². The van der Waals surface area contributed by atoms with Crippen molar-refractivity contribution in [2.75, 3.05) is 0 Å². The fourth-order valence-corrected chi connectivity index (χ4v) is 1.79. The van der Waals surface area contributed by atoms with Gasteiger partial charge < -0.3 is 0 Å². The minimum atomic E-state index is -0.406. The summed E-state index contributed by atoms with van der Waals surface area (Å²) in [5, 5.41) is 9.71. The van der Waals surface area contributed by atoms with E-state index >= 15 is 0 Å². The predicted octanol–water partition coefficient (Wildman–Crippen LogP) is 3.69. The summed E-state index contributed by atoms with van der Waals surface area (Å²) in [6, 6.07) is 17.7. The Labute approximate surface area is 122 Å². The average molecular weight is 283 g/mol. The smallest absolute Gasteiger partial charge is 0.267 e. The van der Waals surface area contributed by atoms with Crippen LogP contribution in [-0.2, 0) is 6.42 Å². The Hall–Kier alpha value is -2.44. The predicted molar refractivity (Wildman–Crippen MR) is 79.0 cm³/mol. The third-order valence-corrected chi connectivity index (χ3v) is 2.92. The van der Waals surface area contributed by atoms with E-state index in [2.05, 4.69) is 4.99 Å². The minimum Gasteiger partial charge on any atom is -0.267 e. The molecule has 0 heterocycles. The molecule has 0 unspecified atom stereocenters. The van der Waals surface area contributed by atoms with Gasteiger partial charge in [-0.2, -0.15) is 5.26 Å². The van der Waals surface area contributed by atoms with Crippen molar-refractivity contribution in [2.45, 2.75) is 6.42 Å². The monoisotopic (exact) mass is 282 g/mol. The van der Waals surface area contributed by atoms with Crippen LogP contribution in [0.15, 0.2) is 59.6 Å². The van der Waals surface area contributed by atoms with E-state index in [1.54, 1.807) is 36.4 Å². The number of amides is 1. The number of nitriles is 1. The second kappa shape index (κ2) is 6.65. The lowest BCUT2D eigenvalue weighted by molar-refractivity contribution is 0.100. The summed E-state index contributed by atoms with van der Waals surface area (Å²) in [6.45, 7) is 0. The van der Waals surface area contributed by atoms with Gasteiger partial charge in [-0.15, -0.1) is 0 Å². The first-order chi connectivity index (χ1) is 9.69. The zero-order valence-corrected chi connectivity index (χ0v) is 11.3. The number of halogens is 1. The Morgan fingerprint density at radius 1 is 1.10 bits per heavy atom. The van der Waals surface area contributed by atoms with E-state index in [-0.39, 0.29) is 5.71 Å². The van der Waals surface area contributed by atoms with E-state index in [1.165, 1.54) is 0 Å². The Morgan fingerprint density at radius 3 is 2.35 bits per heavy atom. The molecular weight excluding hydrogens is 272 g/mol. The number of hydrogen-bond acceptors (Lipinski definition) is 2. The molecule has 0 saturated carbocycles. The van der Waals surface area contributed by atoms with Gasteiger partial charge in [0.25, 0.3) is 5.91 Å². The number of nitrogens with zero attached hydrogens (tertiary/aromatic N) is 2. The van der Waals surface area contributed by atoms with Gasteiger partial charge in [-0.3, -0.25) is 4.79 Å². The SMILES string of the molecule is N#CC(Cc1ccc(Cl)cc1)=NC(=O)c1ccccc1. The summed E-state index contributed by atoms with van der Waals surface area (Å²) >= 11 is 5.80. The van der Waals surface area contributed by atoms with Gasteiger partial charge in [-0.05, 0) is 29.8 Å². The second-order valence-corrected chi connectivity index (χ2v) is 4.58. The molecule has 0 N–H and O–H groups in total. The second-order valence-electron chi connectivity index (χ2n) is 4.14. The molecule has 4 heteroatoms. The quantitative estimate of drug-likeness (QED) is 0.806. The van der Waals surface area contributed by atoms with Gasteiger partial charge in [0.2, 0.25) is 0 Å². The van der Waals surface area contributed by atoms with E-state index in [4.69, 9.17) is 16.9 Å². The van der Waals surface area contributed by atoms with E-state index < -0.39 is 5.91 Å². The van der Waals surface area contributed by atoms with Crippen molar-refractivity contribution < 1.29 is 4.79 Å². The van der Waals surface area contributed by atoms with Crippen LogP contribution in [-0.4, -0.2) is 11.6 Å². The summed E-state index contributed by atoms with van der Waals surface area (Å²) in [7, 11) is 0. The Bertz CT molecular complexity index is 670. The lowest BCUT2D eigenvalue weighted by Crippen LogP contribution is -2.05. The van der Waals surface area contributed by atoms with Crippen molar-refractivity contribution in [2.24, 2.45) is 4.99 Å². The average Bonchev–Trinajstić information content (AvgIpc) is 2.49. The molecule has 0 bridgehead atoms. The maximum Gasteiger partial charge on any atom is 0.277 e. The zero-order chi connectivity index (χ0) is 14.4. The first-order valence-electron chi connectivity index (χ1n) is 6.00. The first-order valence-corrected chi connectivity index (χ1v) is 6.38. The Morgan fingerprint density at radius 2 is 1.75 bits per heavy atom. The number of hydrogen-bond donors (Lipinski definition) is 0. The van der Waals surface area contributed by atoms with Gasteiger partial charge in [0.05, 0.1) is 0 Å². The number of aliphatic imine (C=N–C) groups is 1. The van der Waals surface area contributed by atoms with Gasteiger partial charge >= 0.3 is 0 Å². The Balaban J connectivity index is 2.16. The summed E-state index contributed by atoms with van der Waals surface area (Å²) in [4.78, 5) is 15.8. The molecule has 2 rings (SSSR count). The molecule has 20 heavy (non-hydrogen) atoms. The van der Waals surface area contributed by atoms with Crippen molar-refractivity contribution in [3.8, 4) is 6.07 Å². The third-order valence-electron chi connectivity index (χ3n) is 2.67. The summed E-state index contributed by atoms with van der Waals surface area (Å²) < 4.78 is 0. The third kappa shape index (κ3) is 3.78. The van der Waals surface area contributed by atoms with Crippen LogP contribution in [0.5, 0.6) is 0 Å². The minimum absolute atomic E-state index is 0.182.